The second kappa shape index (κ2) is 5.99. The van der Waals surface area contributed by atoms with Gasteiger partial charge in [-0.1, -0.05) is 0 Å². The van der Waals surface area contributed by atoms with Gasteiger partial charge in [0.05, 0.1) is 24.1 Å². The Labute approximate surface area is 111 Å². The van der Waals surface area contributed by atoms with Crippen LogP contribution in [0.1, 0.15) is 24.2 Å². The van der Waals surface area contributed by atoms with Crippen molar-refractivity contribution in [1.29, 1.82) is 0 Å². The quantitative estimate of drug-likeness (QED) is 0.835. The SMILES string of the molecule is CCOC(=O)c1ccc(Nc2cnn(CC)c2)nc1. The number of nitrogens with zero attached hydrogens (tertiary/aromatic N) is 3. The normalized spacial score (nSPS) is 10.2. The van der Waals surface area contributed by atoms with Crippen molar-refractivity contribution in [3.05, 3.63) is 36.3 Å². The molecular formula is C13H16N4O2. The monoisotopic (exact) mass is 260 g/mol. The Morgan fingerprint density at radius 1 is 1.37 bits per heavy atom. The number of esters is 1. The number of carbonyl (C=O) groups excluding carboxylic acids is 1. The highest BCUT2D eigenvalue weighted by Gasteiger charge is 2.06. The van der Waals surface area contributed by atoms with E-state index in [1.54, 1.807) is 25.3 Å². The summed E-state index contributed by atoms with van der Waals surface area (Å²) in [5.41, 5.74) is 1.30. The van der Waals surface area contributed by atoms with E-state index >= 15 is 0 Å². The van der Waals surface area contributed by atoms with E-state index in [-0.39, 0.29) is 5.97 Å². The highest BCUT2D eigenvalue weighted by atomic mass is 16.5. The lowest BCUT2D eigenvalue weighted by Crippen LogP contribution is -2.05. The Morgan fingerprint density at radius 3 is 2.79 bits per heavy atom. The van der Waals surface area contributed by atoms with Crippen molar-refractivity contribution in [2.75, 3.05) is 11.9 Å². The van der Waals surface area contributed by atoms with Crippen LogP contribution >= 0.6 is 0 Å². The zero-order valence-corrected chi connectivity index (χ0v) is 11.0. The van der Waals surface area contributed by atoms with Gasteiger partial charge in [0.15, 0.2) is 0 Å². The van der Waals surface area contributed by atoms with Gasteiger partial charge in [-0.3, -0.25) is 4.68 Å². The van der Waals surface area contributed by atoms with Crippen LogP contribution in [0.2, 0.25) is 0 Å². The highest BCUT2D eigenvalue weighted by molar-refractivity contribution is 5.89. The number of anilines is 2. The summed E-state index contributed by atoms with van der Waals surface area (Å²) in [6.07, 6.45) is 5.11. The van der Waals surface area contributed by atoms with Crippen LogP contribution in [-0.4, -0.2) is 27.3 Å². The fourth-order valence-electron chi connectivity index (χ4n) is 1.55. The molecule has 0 aliphatic rings. The Balaban J connectivity index is 2.04. The molecule has 0 aliphatic carbocycles. The number of aromatic nitrogens is 3. The number of carbonyl (C=O) groups is 1. The molecule has 0 aromatic carbocycles. The number of ether oxygens (including phenoxy) is 1. The van der Waals surface area contributed by atoms with Crippen LogP contribution in [0.5, 0.6) is 0 Å². The lowest BCUT2D eigenvalue weighted by Gasteiger charge is -2.04. The fraction of sp³-hybridized carbons (Fsp3) is 0.308. The van der Waals surface area contributed by atoms with E-state index in [4.69, 9.17) is 4.74 Å². The summed E-state index contributed by atoms with van der Waals surface area (Å²) in [6, 6.07) is 3.41. The number of aryl methyl sites for hydroxylation is 1. The first-order valence-electron chi connectivity index (χ1n) is 6.15. The Hall–Kier alpha value is -2.37. The van der Waals surface area contributed by atoms with Crippen LogP contribution in [0.15, 0.2) is 30.7 Å². The van der Waals surface area contributed by atoms with Gasteiger partial charge in [-0.2, -0.15) is 5.10 Å². The summed E-state index contributed by atoms with van der Waals surface area (Å²) in [5.74, 6) is 0.295. The van der Waals surface area contributed by atoms with E-state index in [1.165, 1.54) is 6.20 Å². The molecule has 2 rings (SSSR count). The van der Waals surface area contributed by atoms with Gasteiger partial charge >= 0.3 is 5.97 Å². The van der Waals surface area contributed by atoms with Crippen LogP contribution < -0.4 is 5.32 Å². The molecule has 6 nitrogen and oxygen atoms in total. The van der Waals surface area contributed by atoms with Crippen molar-refractivity contribution < 1.29 is 9.53 Å². The first-order chi connectivity index (χ1) is 9.22. The molecule has 0 radical (unpaired) electrons. The maximum atomic E-state index is 11.5. The molecule has 6 heteroatoms. The van der Waals surface area contributed by atoms with Crippen molar-refractivity contribution in [1.82, 2.24) is 14.8 Å². The van der Waals surface area contributed by atoms with E-state index in [0.29, 0.717) is 18.0 Å². The van der Waals surface area contributed by atoms with Gasteiger partial charge in [0.25, 0.3) is 0 Å². The molecule has 2 aromatic rings. The molecule has 0 bridgehead atoms. The second-order valence-electron chi connectivity index (χ2n) is 3.86. The van der Waals surface area contributed by atoms with E-state index < -0.39 is 0 Å². The third-order valence-corrected chi connectivity index (χ3v) is 2.50. The minimum Gasteiger partial charge on any atom is -0.462 e. The van der Waals surface area contributed by atoms with Crippen molar-refractivity contribution in [3.8, 4) is 0 Å². The zero-order valence-electron chi connectivity index (χ0n) is 11.0. The maximum Gasteiger partial charge on any atom is 0.339 e. The van der Waals surface area contributed by atoms with Crippen LogP contribution in [0, 0.1) is 0 Å². The third kappa shape index (κ3) is 3.31. The van der Waals surface area contributed by atoms with Crippen LogP contribution in [0.3, 0.4) is 0 Å². The molecule has 0 saturated carbocycles. The summed E-state index contributed by atoms with van der Waals surface area (Å²) < 4.78 is 6.71. The van der Waals surface area contributed by atoms with Gasteiger partial charge in [0, 0.05) is 18.9 Å². The predicted octanol–water partition coefficient (Wildman–Crippen LogP) is 2.22. The van der Waals surface area contributed by atoms with E-state index in [2.05, 4.69) is 15.4 Å². The molecule has 1 N–H and O–H groups in total. The molecular weight excluding hydrogens is 244 g/mol. The molecule has 2 aromatic heterocycles. The standard InChI is InChI=1S/C13H16N4O2/c1-3-17-9-11(8-15-17)16-12-6-5-10(7-14-12)13(18)19-4-2/h5-9H,3-4H2,1-2H3,(H,14,16). The summed E-state index contributed by atoms with van der Waals surface area (Å²) in [6.45, 7) is 4.96. The van der Waals surface area contributed by atoms with Crippen molar-refractivity contribution in [2.24, 2.45) is 0 Å². The summed E-state index contributed by atoms with van der Waals surface area (Å²) in [4.78, 5) is 15.6. The van der Waals surface area contributed by atoms with E-state index in [0.717, 1.165) is 12.2 Å². The van der Waals surface area contributed by atoms with Gasteiger partial charge in [0.2, 0.25) is 0 Å². The first-order valence-corrected chi connectivity index (χ1v) is 6.15. The minimum atomic E-state index is -0.361. The largest absolute Gasteiger partial charge is 0.462 e. The molecule has 0 saturated heterocycles. The Kier molecular flexibility index (Phi) is 4.12. The van der Waals surface area contributed by atoms with Crippen LogP contribution in [-0.2, 0) is 11.3 Å². The number of hydrogen-bond acceptors (Lipinski definition) is 5. The van der Waals surface area contributed by atoms with Gasteiger partial charge < -0.3 is 10.1 Å². The molecule has 19 heavy (non-hydrogen) atoms. The molecule has 100 valence electrons. The average molecular weight is 260 g/mol. The van der Waals surface area contributed by atoms with Gasteiger partial charge in [-0.15, -0.1) is 0 Å². The summed E-state index contributed by atoms with van der Waals surface area (Å²) >= 11 is 0. The topological polar surface area (TPSA) is 69.0 Å². The summed E-state index contributed by atoms with van der Waals surface area (Å²) in [7, 11) is 0. The van der Waals surface area contributed by atoms with Crippen molar-refractivity contribution in [3.63, 3.8) is 0 Å². The average Bonchev–Trinajstić information content (AvgIpc) is 2.87. The summed E-state index contributed by atoms with van der Waals surface area (Å²) in [5, 5.41) is 7.26. The lowest BCUT2D eigenvalue weighted by atomic mass is 10.3. The zero-order chi connectivity index (χ0) is 13.7. The molecule has 0 aliphatic heterocycles. The molecule has 0 atom stereocenters. The highest BCUT2D eigenvalue weighted by Crippen LogP contribution is 2.14. The van der Waals surface area contributed by atoms with Crippen molar-refractivity contribution in [2.45, 2.75) is 20.4 Å². The van der Waals surface area contributed by atoms with Gasteiger partial charge in [0.1, 0.15) is 5.82 Å². The Bertz CT molecular complexity index is 548. The number of nitrogens with one attached hydrogen (secondary N) is 1. The van der Waals surface area contributed by atoms with Crippen molar-refractivity contribution >= 4 is 17.5 Å². The lowest BCUT2D eigenvalue weighted by molar-refractivity contribution is 0.0526. The van der Waals surface area contributed by atoms with Gasteiger partial charge in [-0.05, 0) is 26.0 Å². The minimum absolute atomic E-state index is 0.356. The van der Waals surface area contributed by atoms with Crippen LogP contribution in [0.25, 0.3) is 0 Å². The Morgan fingerprint density at radius 2 is 2.21 bits per heavy atom. The maximum absolute atomic E-state index is 11.5. The van der Waals surface area contributed by atoms with Gasteiger partial charge in [-0.25, -0.2) is 9.78 Å². The fourth-order valence-corrected chi connectivity index (χ4v) is 1.55. The number of rotatable bonds is 5. The molecule has 0 fully saturated rings. The predicted molar refractivity (Wildman–Crippen MR) is 71.4 cm³/mol. The number of pyridine rings is 1. The van der Waals surface area contributed by atoms with Crippen LogP contribution in [0.4, 0.5) is 11.5 Å². The second-order valence-corrected chi connectivity index (χ2v) is 3.86. The van der Waals surface area contributed by atoms with E-state index in [9.17, 15) is 4.79 Å². The molecule has 2 heterocycles. The first kappa shape index (κ1) is 13.1. The van der Waals surface area contributed by atoms with E-state index in [1.807, 2.05) is 17.8 Å². The molecule has 0 amide bonds. The number of hydrogen-bond donors (Lipinski definition) is 1. The smallest absolute Gasteiger partial charge is 0.339 e. The molecule has 0 unspecified atom stereocenters. The molecule has 0 spiro atoms. The third-order valence-electron chi connectivity index (χ3n) is 2.50.